The fraction of sp³-hybridized carbons (Fsp3) is 0.227. The smallest absolute Gasteiger partial charge is 0.490 e. The number of halogens is 3. The fourth-order valence-electron chi connectivity index (χ4n) is 2.96. The number of nitrogens with one attached hydrogen (secondary N) is 1. The van der Waals surface area contributed by atoms with Gasteiger partial charge in [0.15, 0.2) is 5.13 Å². The summed E-state index contributed by atoms with van der Waals surface area (Å²) in [7, 11) is 1.67. The van der Waals surface area contributed by atoms with Gasteiger partial charge in [0.2, 0.25) is 0 Å². The molecular formula is C22H21F3N4O3S. The molecule has 3 aromatic heterocycles. The molecule has 4 aromatic rings. The lowest BCUT2D eigenvalue weighted by atomic mass is 10.2. The fourth-order valence-corrected chi connectivity index (χ4v) is 3.68. The summed E-state index contributed by atoms with van der Waals surface area (Å²) in [6.45, 7) is 2.17. The molecule has 0 aliphatic carbocycles. The van der Waals surface area contributed by atoms with Crippen LogP contribution in [0.1, 0.15) is 19.0 Å². The van der Waals surface area contributed by atoms with Gasteiger partial charge in [0.05, 0.1) is 18.5 Å². The number of rotatable bonds is 6. The third kappa shape index (κ3) is 6.01. The SMILES string of the molecule is CCCc1nc2ccccn2c1-c1csc(Nc2ccc(OC)cc2)n1.O=C(O)C(F)(F)F. The number of carboxylic acid groups (broad SMARTS) is 1. The lowest BCUT2D eigenvalue weighted by Gasteiger charge is -2.04. The van der Waals surface area contributed by atoms with Crippen LogP contribution in [0.4, 0.5) is 24.0 Å². The van der Waals surface area contributed by atoms with Crippen molar-refractivity contribution in [3.8, 4) is 17.1 Å². The zero-order valence-electron chi connectivity index (χ0n) is 17.8. The maximum absolute atomic E-state index is 10.6. The van der Waals surface area contributed by atoms with Gasteiger partial charge in [0.25, 0.3) is 0 Å². The zero-order valence-corrected chi connectivity index (χ0v) is 18.6. The van der Waals surface area contributed by atoms with Crippen LogP contribution in [0.25, 0.3) is 17.0 Å². The van der Waals surface area contributed by atoms with E-state index in [2.05, 4.69) is 22.0 Å². The molecule has 0 unspecified atom stereocenters. The van der Waals surface area contributed by atoms with Crippen LogP contribution in [0.5, 0.6) is 5.75 Å². The molecule has 0 bridgehead atoms. The van der Waals surface area contributed by atoms with Gasteiger partial charge in [-0.1, -0.05) is 19.4 Å². The number of carboxylic acids is 1. The largest absolute Gasteiger partial charge is 0.497 e. The second-order valence-corrected chi connectivity index (χ2v) is 7.64. The molecule has 0 aliphatic heterocycles. The Labute approximate surface area is 191 Å². The van der Waals surface area contributed by atoms with E-state index in [1.807, 2.05) is 48.7 Å². The maximum Gasteiger partial charge on any atom is 0.490 e. The van der Waals surface area contributed by atoms with E-state index in [0.717, 1.165) is 52.1 Å². The zero-order chi connectivity index (χ0) is 24.0. The van der Waals surface area contributed by atoms with Crippen molar-refractivity contribution in [2.24, 2.45) is 0 Å². The van der Waals surface area contributed by atoms with Crippen molar-refractivity contribution in [2.75, 3.05) is 12.4 Å². The molecule has 2 N–H and O–H groups in total. The van der Waals surface area contributed by atoms with Crippen LogP contribution in [-0.2, 0) is 11.2 Å². The average molecular weight is 478 g/mol. The molecule has 7 nitrogen and oxygen atoms in total. The van der Waals surface area contributed by atoms with Crippen molar-refractivity contribution in [1.82, 2.24) is 14.4 Å². The number of carbonyl (C=O) groups is 1. The average Bonchev–Trinajstić information content (AvgIpc) is 3.38. The number of ether oxygens (including phenoxy) is 1. The van der Waals surface area contributed by atoms with E-state index in [9.17, 15) is 13.2 Å². The van der Waals surface area contributed by atoms with E-state index in [1.54, 1.807) is 18.4 Å². The number of thiazole rings is 1. The third-order valence-corrected chi connectivity index (χ3v) is 5.18. The molecule has 33 heavy (non-hydrogen) atoms. The number of hydrogen-bond acceptors (Lipinski definition) is 6. The van der Waals surface area contributed by atoms with Gasteiger partial charge in [0, 0.05) is 17.3 Å². The van der Waals surface area contributed by atoms with E-state index in [0.29, 0.717) is 0 Å². The summed E-state index contributed by atoms with van der Waals surface area (Å²) in [6.07, 6.45) is -1.04. The molecule has 1 aromatic carbocycles. The number of aromatic nitrogens is 3. The van der Waals surface area contributed by atoms with Crippen molar-refractivity contribution >= 4 is 33.8 Å². The van der Waals surface area contributed by atoms with Crippen LogP contribution in [0.15, 0.2) is 54.0 Å². The first kappa shape index (κ1) is 24.1. The quantitative estimate of drug-likeness (QED) is 0.364. The predicted octanol–water partition coefficient (Wildman–Crippen LogP) is 5.80. The van der Waals surface area contributed by atoms with Gasteiger partial charge in [-0.15, -0.1) is 11.3 Å². The van der Waals surface area contributed by atoms with Gasteiger partial charge in [-0.25, -0.2) is 14.8 Å². The molecular weight excluding hydrogens is 457 g/mol. The number of benzene rings is 1. The second kappa shape index (κ2) is 10.3. The van der Waals surface area contributed by atoms with Gasteiger partial charge in [-0.05, 0) is 42.8 Å². The van der Waals surface area contributed by atoms with Crippen LogP contribution in [0.2, 0.25) is 0 Å². The Balaban J connectivity index is 0.000000383. The lowest BCUT2D eigenvalue weighted by molar-refractivity contribution is -0.192. The highest BCUT2D eigenvalue weighted by atomic mass is 32.1. The van der Waals surface area contributed by atoms with E-state index >= 15 is 0 Å². The number of nitrogens with zero attached hydrogens (tertiary/aromatic N) is 3. The van der Waals surface area contributed by atoms with Crippen molar-refractivity contribution in [1.29, 1.82) is 0 Å². The van der Waals surface area contributed by atoms with Crippen LogP contribution in [-0.4, -0.2) is 38.7 Å². The number of hydrogen-bond donors (Lipinski definition) is 2. The van der Waals surface area contributed by atoms with Gasteiger partial charge < -0.3 is 15.2 Å². The molecule has 0 saturated carbocycles. The summed E-state index contributed by atoms with van der Waals surface area (Å²) in [5, 5.41) is 13.4. The van der Waals surface area contributed by atoms with Crippen LogP contribution >= 0.6 is 11.3 Å². The summed E-state index contributed by atoms with van der Waals surface area (Å²) in [5.74, 6) is -1.92. The molecule has 0 aliphatic rings. The molecule has 4 rings (SSSR count). The Kier molecular flexibility index (Phi) is 7.54. The number of anilines is 2. The summed E-state index contributed by atoms with van der Waals surface area (Å²) >= 11 is 1.59. The molecule has 0 amide bonds. The normalized spacial score (nSPS) is 11.1. The Morgan fingerprint density at radius 2 is 1.88 bits per heavy atom. The Morgan fingerprint density at radius 1 is 1.18 bits per heavy atom. The monoisotopic (exact) mass is 478 g/mol. The first-order valence-electron chi connectivity index (χ1n) is 9.86. The highest BCUT2D eigenvalue weighted by molar-refractivity contribution is 7.14. The summed E-state index contributed by atoms with van der Waals surface area (Å²) in [4.78, 5) is 18.5. The number of imidazole rings is 1. The van der Waals surface area contributed by atoms with Gasteiger partial charge in [0.1, 0.15) is 17.1 Å². The van der Waals surface area contributed by atoms with E-state index < -0.39 is 12.1 Å². The van der Waals surface area contributed by atoms with Gasteiger partial charge in [-0.3, -0.25) is 4.40 Å². The number of fused-ring (bicyclic) bond motifs is 1. The lowest BCUT2D eigenvalue weighted by Crippen LogP contribution is -2.21. The summed E-state index contributed by atoms with van der Waals surface area (Å²) in [6, 6.07) is 13.9. The summed E-state index contributed by atoms with van der Waals surface area (Å²) < 4.78 is 39.1. The van der Waals surface area contributed by atoms with E-state index in [1.165, 1.54) is 0 Å². The van der Waals surface area contributed by atoms with Crippen molar-refractivity contribution < 1.29 is 27.8 Å². The minimum atomic E-state index is -5.08. The topological polar surface area (TPSA) is 88.8 Å². The van der Waals surface area contributed by atoms with E-state index in [4.69, 9.17) is 24.6 Å². The Morgan fingerprint density at radius 3 is 2.48 bits per heavy atom. The Bertz CT molecular complexity index is 1220. The van der Waals surface area contributed by atoms with Crippen molar-refractivity contribution in [3.05, 3.63) is 59.7 Å². The molecule has 11 heteroatoms. The highest BCUT2D eigenvalue weighted by Crippen LogP contribution is 2.31. The standard InChI is InChI=1S/C20H20N4OS.C2HF3O2/c1-3-6-16-19(24-12-5-4-7-18(24)22-16)17-13-26-20(23-17)21-14-8-10-15(25-2)11-9-14;3-2(4,5)1(6)7/h4-5,7-13H,3,6H2,1-2H3,(H,21,23);(H,6,7). The van der Waals surface area contributed by atoms with Crippen LogP contribution < -0.4 is 10.1 Å². The number of pyridine rings is 1. The number of aliphatic carboxylic acids is 1. The van der Waals surface area contributed by atoms with Crippen LogP contribution in [0.3, 0.4) is 0 Å². The second-order valence-electron chi connectivity index (χ2n) is 6.78. The number of alkyl halides is 3. The van der Waals surface area contributed by atoms with Gasteiger partial charge >= 0.3 is 12.1 Å². The van der Waals surface area contributed by atoms with Gasteiger partial charge in [-0.2, -0.15) is 13.2 Å². The number of methoxy groups -OCH3 is 1. The minimum absolute atomic E-state index is 0.838. The molecule has 0 saturated heterocycles. The first-order valence-corrected chi connectivity index (χ1v) is 10.7. The molecule has 174 valence electrons. The van der Waals surface area contributed by atoms with Crippen molar-refractivity contribution in [3.63, 3.8) is 0 Å². The van der Waals surface area contributed by atoms with E-state index in [-0.39, 0.29) is 0 Å². The summed E-state index contributed by atoms with van der Waals surface area (Å²) in [5.41, 5.74) is 5.08. The predicted molar refractivity (Wildman–Crippen MR) is 120 cm³/mol. The molecule has 0 radical (unpaired) electrons. The Hall–Kier alpha value is -3.60. The molecule has 0 spiro atoms. The third-order valence-electron chi connectivity index (χ3n) is 4.42. The minimum Gasteiger partial charge on any atom is -0.497 e. The maximum atomic E-state index is 10.6. The molecule has 0 atom stereocenters. The number of aryl methyl sites for hydroxylation is 1. The van der Waals surface area contributed by atoms with Crippen LogP contribution in [0, 0.1) is 0 Å². The highest BCUT2D eigenvalue weighted by Gasteiger charge is 2.38. The molecule has 3 heterocycles. The first-order chi connectivity index (χ1) is 15.7. The van der Waals surface area contributed by atoms with Crippen molar-refractivity contribution in [2.45, 2.75) is 25.9 Å². The molecule has 0 fully saturated rings.